The second-order valence-corrected chi connectivity index (χ2v) is 6.52. The molecule has 0 aliphatic carbocycles. The Balaban J connectivity index is 0. The fraction of sp³-hybridized carbons (Fsp3) is 1.00. The second kappa shape index (κ2) is 11.5. The third-order valence-electron chi connectivity index (χ3n) is 2.01. The smallest absolute Gasteiger partial charge is 0.412 e. The van der Waals surface area contributed by atoms with Crippen LogP contribution in [0.3, 0.4) is 0 Å². The molecule has 0 rings (SSSR count). The molecule has 0 saturated carbocycles. The monoisotopic (exact) mass is 252 g/mol. The van der Waals surface area contributed by atoms with Gasteiger partial charge in [0.25, 0.3) is 0 Å². The van der Waals surface area contributed by atoms with Gasteiger partial charge in [0.2, 0.25) is 0 Å². The van der Waals surface area contributed by atoms with Gasteiger partial charge in [-0.2, -0.15) is 0 Å². The molecule has 0 aliphatic heterocycles. The van der Waals surface area contributed by atoms with E-state index >= 15 is 0 Å². The van der Waals surface area contributed by atoms with Gasteiger partial charge in [-0.1, -0.05) is 27.7 Å². The molecule has 0 heterocycles. The van der Waals surface area contributed by atoms with Crippen LogP contribution in [0.25, 0.3) is 0 Å². The Bertz CT molecular complexity index is 122. The predicted molar refractivity (Wildman–Crippen MR) is 68.6 cm³/mol. The van der Waals surface area contributed by atoms with E-state index in [-0.39, 0.29) is 5.48 Å². The Labute approximate surface area is 101 Å². The van der Waals surface area contributed by atoms with Gasteiger partial charge < -0.3 is 18.8 Å². The quantitative estimate of drug-likeness (QED) is 0.561. The van der Waals surface area contributed by atoms with E-state index in [0.29, 0.717) is 0 Å². The first kappa shape index (κ1) is 18.4. The van der Waals surface area contributed by atoms with E-state index in [1.54, 1.807) is 0 Å². The summed E-state index contributed by atoms with van der Waals surface area (Å²) >= 11 is 0. The molecule has 4 nitrogen and oxygen atoms in total. The molecule has 0 spiro atoms. The lowest BCUT2D eigenvalue weighted by molar-refractivity contribution is 0.0604. The van der Waals surface area contributed by atoms with Crippen molar-refractivity contribution in [2.75, 3.05) is 19.8 Å². The fourth-order valence-corrected chi connectivity index (χ4v) is 3.61. The summed E-state index contributed by atoms with van der Waals surface area (Å²) in [7, 11) is -2.33. The van der Waals surface area contributed by atoms with Crippen LogP contribution in [-0.2, 0) is 13.3 Å². The Morgan fingerprint density at radius 3 is 1.19 bits per heavy atom. The second-order valence-electron chi connectivity index (χ2n) is 3.58. The Hall–Kier alpha value is 0.0569. The molecule has 0 unspecified atom stereocenters. The van der Waals surface area contributed by atoms with Gasteiger partial charge in [-0.3, -0.25) is 0 Å². The molecule has 0 saturated heterocycles. The van der Waals surface area contributed by atoms with E-state index in [2.05, 4.69) is 27.7 Å². The van der Waals surface area contributed by atoms with E-state index in [9.17, 15) is 0 Å². The van der Waals surface area contributed by atoms with Crippen LogP contribution in [0.4, 0.5) is 0 Å². The van der Waals surface area contributed by atoms with Crippen LogP contribution in [0.5, 0.6) is 0 Å². The van der Waals surface area contributed by atoms with Gasteiger partial charge in [0.05, 0.1) is 0 Å². The SMILES string of the molecule is CCCO[Si](CC)(OCCC)OCCC.O. The average Bonchev–Trinajstić information content (AvgIpc) is 2.29. The van der Waals surface area contributed by atoms with Crippen molar-refractivity contribution in [2.45, 2.75) is 53.0 Å². The fourth-order valence-electron chi connectivity index (χ4n) is 1.20. The Morgan fingerprint density at radius 1 is 0.688 bits per heavy atom. The van der Waals surface area contributed by atoms with Crippen molar-refractivity contribution in [3.05, 3.63) is 0 Å². The molecule has 0 aliphatic rings. The first-order chi connectivity index (χ1) is 7.24. The van der Waals surface area contributed by atoms with Crippen molar-refractivity contribution in [3.8, 4) is 0 Å². The van der Waals surface area contributed by atoms with Gasteiger partial charge in [-0.15, -0.1) is 0 Å². The number of rotatable bonds is 10. The molecule has 0 radical (unpaired) electrons. The van der Waals surface area contributed by atoms with Crippen molar-refractivity contribution in [2.24, 2.45) is 0 Å². The summed E-state index contributed by atoms with van der Waals surface area (Å²) in [5.41, 5.74) is 0. The Kier molecular flexibility index (Phi) is 13.3. The molecule has 0 atom stereocenters. The van der Waals surface area contributed by atoms with Gasteiger partial charge in [0.1, 0.15) is 0 Å². The lowest BCUT2D eigenvalue weighted by Crippen LogP contribution is -2.45. The summed E-state index contributed by atoms with van der Waals surface area (Å²) in [5.74, 6) is 0. The van der Waals surface area contributed by atoms with E-state index in [1.165, 1.54) is 0 Å². The molecule has 0 aromatic rings. The van der Waals surface area contributed by atoms with Crippen LogP contribution in [0.1, 0.15) is 47.0 Å². The van der Waals surface area contributed by atoms with E-state index in [1.807, 2.05) is 0 Å². The lowest BCUT2D eigenvalue weighted by Gasteiger charge is -2.28. The summed E-state index contributed by atoms with van der Waals surface area (Å²) in [5, 5.41) is 0. The lowest BCUT2D eigenvalue weighted by atomic mass is 10.5. The molecule has 100 valence electrons. The van der Waals surface area contributed by atoms with Gasteiger partial charge in [0.15, 0.2) is 0 Å². The maximum atomic E-state index is 5.83. The first-order valence-electron chi connectivity index (χ1n) is 6.16. The summed E-state index contributed by atoms with van der Waals surface area (Å²) < 4.78 is 17.5. The highest BCUT2D eigenvalue weighted by Crippen LogP contribution is 2.16. The zero-order valence-electron chi connectivity index (χ0n) is 11.2. The van der Waals surface area contributed by atoms with Gasteiger partial charge in [0, 0.05) is 25.9 Å². The number of hydrogen-bond acceptors (Lipinski definition) is 3. The van der Waals surface area contributed by atoms with Crippen LogP contribution in [-0.4, -0.2) is 34.1 Å². The first-order valence-corrected chi connectivity index (χ1v) is 8.09. The summed E-state index contributed by atoms with van der Waals surface area (Å²) in [6.07, 6.45) is 3.04. The van der Waals surface area contributed by atoms with E-state index in [4.69, 9.17) is 13.3 Å². The minimum atomic E-state index is -2.33. The largest absolute Gasteiger partial charge is 0.500 e. The molecule has 0 bridgehead atoms. The van der Waals surface area contributed by atoms with Crippen molar-refractivity contribution >= 4 is 8.80 Å². The van der Waals surface area contributed by atoms with Gasteiger partial charge in [-0.05, 0) is 19.3 Å². The number of hydrogen-bond donors (Lipinski definition) is 0. The molecule has 5 heteroatoms. The highest BCUT2D eigenvalue weighted by atomic mass is 28.4. The van der Waals surface area contributed by atoms with Crippen molar-refractivity contribution in [1.82, 2.24) is 0 Å². The van der Waals surface area contributed by atoms with Crippen LogP contribution >= 0.6 is 0 Å². The molecule has 0 fully saturated rings. The molecule has 16 heavy (non-hydrogen) atoms. The normalized spacial score (nSPS) is 11.2. The van der Waals surface area contributed by atoms with Crippen LogP contribution < -0.4 is 0 Å². The molecular weight excluding hydrogens is 224 g/mol. The highest BCUT2D eigenvalue weighted by Gasteiger charge is 2.38. The van der Waals surface area contributed by atoms with Crippen molar-refractivity contribution in [1.29, 1.82) is 0 Å². The average molecular weight is 252 g/mol. The zero-order chi connectivity index (χ0) is 11.6. The van der Waals surface area contributed by atoms with Gasteiger partial charge in [-0.25, -0.2) is 0 Å². The predicted octanol–water partition coefficient (Wildman–Crippen LogP) is 2.40. The molecule has 2 N–H and O–H groups in total. The van der Waals surface area contributed by atoms with Crippen LogP contribution in [0.2, 0.25) is 6.04 Å². The van der Waals surface area contributed by atoms with Crippen LogP contribution in [0.15, 0.2) is 0 Å². The van der Waals surface area contributed by atoms with Crippen LogP contribution in [0, 0.1) is 0 Å². The van der Waals surface area contributed by atoms with E-state index < -0.39 is 8.80 Å². The Morgan fingerprint density at radius 2 is 1.00 bits per heavy atom. The van der Waals surface area contributed by atoms with Gasteiger partial charge >= 0.3 is 8.80 Å². The standard InChI is InChI=1S/C11H26O3Si.H2O/c1-5-9-12-15(8-4,13-10-6-2)14-11-7-3;/h5-11H2,1-4H3;1H2. The molecule has 0 aromatic heterocycles. The molecular formula is C11H28O4Si. The van der Waals surface area contributed by atoms with Crippen molar-refractivity contribution < 1.29 is 18.8 Å². The van der Waals surface area contributed by atoms with Crippen molar-refractivity contribution in [3.63, 3.8) is 0 Å². The summed E-state index contributed by atoms with van der Waals surface area (Å²) in [6.45, 7) is 10.6. The minimum Gasteiger partial charge on any atom is -0.412 e. The minimum absolute atomic E-state index is 0. The summed E-state index contributed by atoms with van der Waals surface area (Å²) in [4.78, 5) is 0. The molecule has 0 amide bonds. The third-order valence-corrected chi connectivity index (χ3v) is 4.81. The van der Waals surface area contributed by atoms with E-state index in [0.717, 1.165) is 45.1 Å². The topological polar surface area (TPSA) is 59.2 Å². The zero-order valence-corrected chi connectivity index (χ0v) is 12.2. The molecule has 0 aromatic carbocycles. The maximum Gasteiger partial charge on any atom is 0.500 e. The highest BCUT2D eigenvalue weighted by molar-refractivity contribution is 6.60. The summed E-state index contributed by atoms with van der Waals surface area (Å²) in [6, 6.07) is 0.868. The third kappa shape index (κ3) is 7.35. The maximum absolute atomic E-state index is 5.83.